The Morgan fingerprint density at radius 1 is 1.04 bits per heavy atom. The molecule has 0 aromatic rings. The molecule has 0 aromatic carbocycles. The second-order valence-corrected chi connectivity index (χ2v) is 10.8. The number of hydrogen-bond donors (Lipinski definition) is 0. The van der Waals surface area contributed by atoms with E-state index in [1.54, 1.807) is 0 Å². The number of esters is 2. The lowest BCUT2D eigenvalue weighted by Gasteiger charge is -2.65. The van der Waals surface area contributed by atoms with Crippen molar-refractivity contribution in [3.05, 3.63) is 12.2 Å². The molecule has 0 radical (unpaired) electrons. The summed E-state index contributed by atoms with van der Waals surface area (Å²) >= 11 is 0. The molecule has 1 spiro atoms. The van der Waals surface area contributed by atoms with Crippen LogP contribution in [0.3, 0.4) is 0 Å². The van der Waals surface area contributed by atoms with E-state index in [4.69, 9.17) is 9.47 Å². The Labute approximate surface area is 169 Å². The first-order valence-corrected chi connectivity index (χ1v) is 11.1. The lowest BCUT2D eigenvalue weighted by atomic mass is 9.40. The van der Waals surface area contributed by atoms with E-state index in [1.807, 2.05) is 0 Å². The fourth-order valence-electron chi connectivity index (χ4n) is 8.19. The Kier molecular flexibility index (Phi) is 4.71. The zero-order valence-electron chi connectivity index (χ0n) is 18.0. The fourth-order valence-corrected chi connectivity index (χ4v) is 8.19. The zero-order chi connectivity index (χ0) is 20.3. The second-order valence-electron chi connectivity index (χ2n) is 10.8. The molecule has 156 valence electrons. The normalized spacial score (nSPS) is 47.1. The first kappa shape index (κ1) is 20.0. The lowest BCUT2D eigenvalue weighted by molar-refractivity contribution is -0.223. The van der Waals surface area contributed by atoms with Crippen molar-refractivity contribution in [2.24, 2.45) is 34.0 Å². The van der Waals surface area contributed by atoms with Crippen LogP contribution in [0.15, 0.2) is 12.2 Å². The van der Waals surface area contributed by atoms with Crippen molar-refractivity contribution in [3.8, 4) is 0 Å². The van der Waals surface area contributed by atoms with E-state index in [-0.39, 0.29) is 28.9 Å². The third-order valence-corrected chi connectivity index (χ3v) is 9.21. The minimum Gasteiger partial charge on any atom is -0.465 e. The maximum Gasteiger partial charge on any atom is 0.302 e. The van der Waals surface area contributed by atoms with Gasteiger partial charge in [0.05, 0.1) is 6.61 Å². The molecule has 0 saturated heterocycles. The third-order valence-electron chi connectivity index (χ3n) is 9.21. The van der Waals surface area contributed by atoms with Gasteiger partial charge in [-0.05, 0) is 74.5 Å². The topological polar surface area (TPSA) is 52.6 Å². The molecule has 4 heteroatoms. The molecule has 0 N–H and O–H groups in total. The Morgan fingerprint density at radius 3 is 2.46 bits per heavy atom. The Bertz CT molecular complexity index is 699. The van der Waals surface area contributed by atoms with Crippen LogP contribution < -0.4 is 0 Å². The van der Waals surface area contributed by atoms with Gasteiger partial charge in [0.2, 0.25) is 0 Å². The van der Waals surface area contributed by atoms with Gasteiger partial charge in [0.25, 0.3) is 0 Å². The highest BCUT2D eigenvalue weighted by Crippen LogP contribution is 2.72. The first-order valence-electron chi connectivity index (χ1n) is 11.1. The zero-order valence-corrected chi connectivity index (χ0v) is 18.0. The number of ether oxygens (including phenoxy) is 2. The Morgan fingerprint density at radius 2 is 1.79 bits per heavy atom. The van der Waals surface area contributed by atoms with Gasteiger partial charge in [0.1, 0.15) is 6.10 Å². The number of carbonyl (C=O) groups excluding carboxylic acids is 2. The number of fused-ring (bicyclic) bond motifs is 3. The van der Waals surface area contributed by atoms with Gasteiger partial charge in [0, 0.05) is 24.7 Å². The molecule has 4 rings (SSSR count). The van der Waals surface area contributed by atoms with E-state index in [0.29, 0.717) is 29.8 Å². The predicted octanol–water partition coefficient (Wildman–Crippen LogP) is 5.06. The average molecular weight is 389 g/mol. The minimum atomic E-state index is -0.204. The van der Waals surface area contributed by atoms with Crippen molar-refractivity contribution >= 4 is 11.9 Å². The van der Waals surface area contributed by atoms with E-state index in [2.05, 4.69) is 20.4 Å². The summed E-state index contributed by atoms with van der Waals surface area (Å²) in [4.78, 5) is 23.5. The van der Waals surface area contributed by atoms with Crippen molar-refractivity contribution in [2.45, 2.75) is 85.2 Å². The molecule has 0 unspecified atom stereocenters. The molecule has 28 heavy (non-hydrogen) atoms. The molecule has 4 saturated carbocycles. The van der Waals surface area contributed by atoms with Gasteiger partial charge in [-0.2, -0.15) is 0 Å². The van der Waals surface area contributed by atoms with Crippen LogP contribution in [0.4, 0.5) is 0 Å². The van der Waals surface area contributed by atoms with Crippen molar-refractivity contribution < 1.29 is 19.1 Å². The van der Waals surface area contributed by atoms with Crippen molar-refractivity contribution in [1.82, 2.24) is 0 Å². The molecule has 4 fully saturated rings. The largest absolute Gasteiger partial charge is 0.465 e. The summed E-state index contributed by atoms with van der Waals surface area (Å²) in [5.74, 6) is 1.27. The molecule has 4 nitrogen and oxygen atoms in total. The van der Waals surface area contributed by atoms with Crippen molar-refractivity contribution in [3.63, 3.8) is 0 Å². The molecular weight excluding hydrogens is 352 g/mol. The van der Waals surface area contributed by atoms with Gasteiger partial charge in [-0.25, -0.2) is 0 Å². The van der Waals surface area contributed by atoms with Crippen molar-refractivity contribution in [1.29, 1.82) is 0 Å². The number of allylic oxidation sites excluding steroid dienone is 1. The molecule has 0 amide bonds. The predicted molar refractivity (Wildman–Crippen MR) is 107 cm³/mol. The Hall–Kier alpha value is -1.32. The summed E-state index contributed by atoms with van der Waals surface area (Å²) in [6.07, 6.45) is 8.98. The first-order chi connectivity index (χ1) is 13.1. The molecular formula is C24H36O4. The van der Waals surface area contributed by atoms with Crippen LogP contribution in [-0.2, 0) is 19.1 Å². The molecule has 0 aliphatic heterocycles. The van der Waals surface area contributed by atoms with Crippen LogP contribution >= 0.6 is 0 Å². The summed E-state index contributed by atoms with van der Waals surface area (Å²) in [6.45, 7) is 12.6. The van der Waals surface area contributed by atoms with Gasteiger partial charge in [-0.3, -0.25) is 9.59 Å². The van der Waals surface area contributed by atoms with Crippen LogP contribution in [0.1, 0.15) is 79.1 Å². The summed E-state index contributed by atoms with van der Waals surface area (Å²) < 4.78 is 11.5. The summed E-state index contributed by atoms with van der Waals surface area (Å²) in [5, 5.41) is 0. The summed E-state index contributed by atoms with van der Waals surface area (Å²) in [6, 6.07) is 0. The van der Waals surface area contributed by atoms with E-state index < -0.39 is 0 Å². The second kappa shape index (κ2) is 6.60. The smallest absolute Gasteiger partial charge is 0.302 e. The highest BCUT2D eigenvalue weighted by atomic mass is 16.5. The lowest BCUT2D eigenvalue weighted by Crippen LogP contribution is -2.63. The van der Waals surface area contributed by atoms with E-state index >= 15 is 0 Å². The molecule has 4 aliphatic carbocycles. The van der Waals surface area contributed by atoms with Crippen LogP contribution in [0, 0.1) is 34.0 Å². The van der Waals surface area contributed by atoms with Crippen LogP contribution in [0.2, 0.25) is 0 Å². The van der Waals surface area contributed by atoms with E-state index in [0.717, 1.165) is 25.7 Å². The Balaban J connectivity index is 1.73. The summed E-state index contributed by atoms with van der Waals surface area (Å²) in [5.41, 5.74) is 1.67. The molecule has 7 atom stereocenters. The highest BCUT2D eigenvalue weighted by molar-refractivity contribution is 5.66. The standard InChI is InChI=1S/C24H36O4/c1-15-12-24-11-8-19-22(4,14-27-16(2)25)10-9-21(28-17(3)26)23(19,5)20(24)7-6-18(15)13-24/h18-21H,1,6-14H2,2-5H3/t18-,19-,20+,21+,22-,23-,24-/m1/s1. The molecule has 0 heterocycles. The van der Waals surface area contributed by atoms with Gasteiger partial charge < -0.3 is 9.47 Å². The van der Waals surface area contributed by atoms with Gasteiger partial charge in [-0.1, -0.05) is 26.0 Å². The molecule has 2 bridgehead atoms. The SMILES string of the molecule is C=C1C[C@@]23CC[C@@H]4[C@@](C)(COC(C)=O)CC[C@H](OC(C)=O)[C@@]4(C)[C@@H]2CC[C@@H]1C3. The number of carbonyl (C=O) groups is 2. The quantitative estimate of drug-likeness (QED) is 0.501. The number of hydrogen-bond acceptors (Lipinski definition) is 4. The van der Waals surface area contributed by atoms with E-state index in [1.165, 1.54) is 45.1 Å². The average Bonchev–Trinajstić information content (AvgIpc) is 2.84. The maximum atomic E-state index is 12.0. The van der Waals surface area contributed by atoms with Gasteiger partial charge >= 0.3 is 11.9 Å². The van der Waals surface area contributed by atoms with E-state index in [9.17, 15) is 9.59 Å². The minimum absolute atomic E-state index is 0.0343. The van der Waals surface area contributed by atoms with Crippen LogP contribution in [-0.4, -0.2) is 24.6 Å². The third kappa shape index (κ3) is 2.85. The molecule has 4 aliphatic rings. The van der Waals surface area contributed by atoms with Gasteiger partial charge in [0.15, 0.2) is 0 Å². The fraction of sp³-hybridized carbons (Fsp3) is 0.833. The van der Waals surface area contributed by atoms with Crippen LogP contribution in [0.25, 0.3) is 0 Å². The van der Waals surface area contributed by atoms with Gasteiger partial charge in [-0.15, -0.1) is 0 Å². The molecule has 0 aromatic heterocycles. The highest BCUT2D eigenvalue weighted by Gasteiger charge is 2.67. The van der Waals surface area contributed by atoms with Crippen molar-refractivity contribution in [2.75, 3.05) is 6.61 Å². The van der Waals surface area contributed by atoms with Crippen LogP contribution in [0.5, 0.6) is 0 Å². The number of rotatable bonds is 3. The summed E-state index contributed by atoms with van der Waals surface area (Å²) in [7, 11) is 0. The maximum absolute atomic E-state index is 12.0. The monoisotopic (exact) mass is 388 g/mol.